The van der Waals surface area contributed by atoms with Gasteiger partial charge in [0.2, 0.25) is 0 Å². The van der Waals surface area contributed by atoms with E-state index in [2.05, 4.69) is 15.1 Å². The van der Waals surface area contributed by atoms with E-state index in [4.69, 9.17) is 5.73 Å². The predicted molar refractivity (Wildman–Crippen MR) is 45.3 cm³/mol. The van der Waals surface area contributed by atoms with Crippen LogP contribution in [0.4, 0.5) is 5.82 Å². The minimum atomic E-state index is 0.688. The van der Waals surface area contributed by atoms with Crippen LogP contribution in [0.15, 0.2) is 0 Å². The van der Waals surface area contributed by atoms with E-state index in [9.17, 15) is 0 Å². The van der Waals surface area contributed by atoms with Crippen molar-refractivity contribution in [1.29, 1.82) is 0 Å². The first-order valence-electron chi connectivity index (χ1n) is 4.40. The molecule has 0 bridgehead atoms. The molecule has 64 valence electrons. The van der Waals surface area contributed by atoms with Crippen LogP contribution in [0.1, 0.15) is 24.1 Å². The Morgan fingerprint density at radius 3 is 2.92 bits per heavy atom. The summed E-state index contributed by atoms with van der Waals surface area (Å²) in [7, 11) is 0. The molecule has 0 spiro atoms. The van der Waals surface area contributed by atoms with Gasteiger partial charge < -0.3 is 5.73 Å². The first-order valence-corrected chi connectivity index (χ1v) is 4.40. The van der Waals surface area contributed by atoms with Crippen molar-refractivity contribution in [2.24, 2.45) is 0 Å². The van der Waals surface area contributed by atoms with Crippen LogP contribution >= 0.6 is 0 Å². The normalized spacial score (nSPS) is 23.0. The van der Waals surface area contributed by atoms with Crippen molar-refractivity contribution in [1.82, 2.24) is 15.1 Å². The van der Waals surface area contributed by atoms with E-state index >= 15 is 0 Å². The van der Waals surface area contributed by atoms with Gasteiger partial charge in [-0.05, 0) is 12.8 Å². The lowest BCUT2D eigenvalue weighted by Crippen LogP contribution is -2.19. The maximum Gasteiger partial charge on any atom is 0.150 e. The smallest absolute Gasteiger partial charge is 0.150 e. The molecule has 0 aromatic carbocycles. The minimum Gasteiger partial charge on any atom is -0.382 e. The molecule has 2 aliphatic rings. The van der Waals surface area contributed by atoms with Crippen LogP contribution in [0.2, 0.25) is 0 Å². The number of anilines is 1. The monoisotopic (exact) mass is 164 g/mol. The Balaban J connectivity index is 1.89. The van der Waals surface area contributed by atoms with Crippen molar-refractivity contribution in [2.75, 3.05) is 5.73 Å². The summed E-state index contributed by atoms with van der Waals surface area (Å²) in [6.07, 6.45) is 2.72. The zero-order valence-corrected chi connectivity index (χ0v) is 6.88. The van der Waals surface area contributed by atoms with Crippen LogP contribution < -0.4 is 5.73 Å². The highest BCUT2D eigenvalue weighted by Crippen LogP contribution is 2.35. The van der Waals surface area contributed by atoms with Crippen molar-refractivity contribution >= 4 is 5.82 Å². The Kier molecular flexibility index (Phi) is 1.09. The fourth-order valence-electron chi connectivity index (χ4n) is 1.88. The van der Waals surface area contributed by atoms with Gasteiger partial charge in [0, 0.05) is 24.7 Å². The van der Waals surface area contributed by atoms with Gasteiger partial charge >= 0.3 is 0 Å². The van der Waals surface area contributed by atoms with Crippen LogP contribution in [0.25, 0.3) is 0 Å². The van der Waals surface area contributed by atoms with Gasteiger partial charge in [-0.2, -0.15) is 5.10 Å². The second-order valence-corrected chi connectivity index (χ2v) is 3.70. The van der Waals surface area contributed by atoms with E-state index in [0.29, 0.717) is 5.82 Å². The van der Waals surface area contributed by atoms with Crippen molar-refractivity contribution in [3.05, 3.63) is 11.3 Å². The second-order valence-electron chi connectivity index (χ2n) is 3.70. The van der Waals surface area contributed by atoms with E-state index in [1.807, 2.05) is 0 Å². The highest BCUT2D eigenvalue weighted by molar-refractivity contribution is 5.44. The number of fused-ring (bicyclic) bond motifs is 1. The minimum absolute atomic E-state index is 0.688. The van der Waals surface area contributed by atoms with E-state index < -0.39 is 0 Å². The Labute approximate surface area is 70.7 Å². The number of rotatable bonds is 1. The topological polar surface area (TPSA) is 57.9 Å². The maximum absolute atomic E-state index is 5.71. The van der Waals surface area contributed by atoms with Crippen LogP contribution in [0.3, 0.4) is 0 Å². The SMILES string of the molecule is Nc1n[nH]c2c1CN(C1CC1)C2. The average molecular weight is 164 g/mol. The van der Waals surface area contributed by atoms with Crippen molar-refractivity contribution in [3.63, 3.8) is 0 Å². The van der Waals surface area contributed by atoms with Gasteiger partial charge in [0.1, 0.15) is 5.82 Å². The van der Waals surface area contributed by atoms with Gasteiger partial charge in [-0.15, -0.1) is 0 Å². The first-order chi connectivity index (χ1) is 5.84. The maximum atomic E-state index is 5.71. The third kappa shape index (κ3) is 0.783. The van der Waals surface area contributed by atoms with Crippen LogP contribution in [0.5, 0.6) is 0 Å². The molecule has 1 aromatic heterocycles. The van der Waals surface area contributed by atoms with E-state index in [0.717, 1.165) is 19.1 Å². The molecule has 0 radical (unpaired) electrons. The van der Waals surface area contributed by atoms with Crippen molar-refractivity contribution in [2.45, 2.75) is 32.0 Å². The third-order valence-corrected chi connectivity index (χ3v) is 2.77. The number of nitrogen functional groups attached to an aromatic ring is 1. The molecule has 2 heterocycles. The second kappa shape index (κ2) is 2.01. The number of aromatic nitrogens is 2. The summed E-state index contributed by atoms with van der Waals surface area (Å²) >= 11 is 0. The average Bonchev–Trinajstić information content (AvgIpc) is 2.73. The Hall–Kier alpha value is -1.03. The van der Waals surface area contributed by atoms with Crippen molar-refractivity contribution in [3.8, 4) is 0 Å². The van der Waals surface area contributed by atoms with Crippen LogP contribution in [-0.4, -0.2) is 21.1 Å². The Bertz CT molecular complexity index is 313. The molecule has 1 aromatic rings. The molecule has 1 aliphatic heterocycles. The molecule has 1 aliphatic carbocycles. The highest BCUT2D eigenvalue weighted by atomic mass is 15.3. The van der Waals surface area contributed by atoms with Gasteiger partial charge in [-0.25, -0.2) is 0 Å². The zero-order valence-electron chi connectivity index (χ0n) is 6.88. The molecule has 4 nitrogen and oxygen atoms in total. The summed E-state index contributed by atoms with van der Waals surface area (Å²) in [6.45, 7) is 2.02. The number of hydrogen-bond donors (Lipinski definition) is 2. The molecule has 1 fully saturated rings. The molecule has 3 rings (SSSR count). The zero-order chi connectivity index (χ0) is 8.13. The standard InChI is InChI=1S/C8H12N4/c9-8-6-3-12(5-1-2-5)4-7(6)10-11-8/h5H,1-4H2,(H3,9,10,11). The Morgan fingerprint density at radius 2 is 2.25 bits per heavy atom. The van der Waals surface area contributed by atoms with Gasteiger partial charge in [-0.3, -0.25) is 10.00 Å². The summed E-state index contributed by atoms with van der Waals surface area (Å²) in [6, 6.07) is 0.824. The third-order valence-electron chi connectivity index (χ3n) is 2.77. The summed E-state index contributed by atoms with van der Waals surface area (Å²) in [5.74, 6) is 0.688. The van der Waals surface area contributed by atoms with Crippen LogP contribution in [0, 0.1) is 0 Å². The number of nitrogens with two attached hydrogens (primary N) is 1. The van der Waals surface area contributed by atoms with Crippen LogP contribution in [-0.2, 0) is 13.1 Å². The van der Waals surface area contributed by atoms with Gasteiger partial charge in [0.15, 0.2) is 0 Å². The van der Waals surface area contributed by atoms with E-state index in [-0.39, 0.29) is 0 Å². The van der Waals surface area contributed by atoms with Crippen molar-refractivity contribution < 1.29 is 0 Å². The molecule has 12 heavy (non-hydrogen) atoms. The number of nitrogens with zero attached hydrogens (tertiary/aromatic N) is 2. The highest BCUT2D eigenvalue weighted by Gasteiger charge is 2.34. The lowest BCUT2D eigenvalue weighted by molar-refractivity contribution is 0.270. The lowest BCUT2D eigenvalue weighted by atomic mass is 10.3. The molecule has 0 amide bonds. The Morgan fingerprint density at radius 1 is 1.42 bits per heavy atom. The van der Waals surface area contributed by atoms with E-state index in [1.54, 1.807) is 0 Å². The largest absolute Gasteiger partial charge is 0.382 e. The quantitative estimate of drug-likeness (QED) is 0.634. The van der Waals surface area contributed by atoms with Gasteiger partial charge in [0.25, 0.3) is 0 Å². The number of nitrogens with one attached hydrogen (secondary N) is 1. The first kappa shape index (κ1) is 6.48. The number of aromatic amines is 1. The fraction of sp³-hybridized carbons (Fsp3) is 0.625. The molecule has 4 heteroatoms. The molecule has 1 saturated carbocycles. The molecule has 0 saturated heterocycles. The van der Waals surface area contributed by atoms with E-state index in [1.165, 1.54) is 24.1 Å². The summed E-state index contributed by atoms with van der Waals surface area (Å²) < 4.78 is 0. The summed E-state index contributed by atoms with van der Waals surface area (Å²) in [4.78, 5) is 2.47. The predicted octanol–water partition coefficient (Wildman–Crippen LogP) is 0.470. The summed E-state index contributed by atoms with van der Waals surface area (Å²) in [5.41, 5.74) is 8.15. The van der Waals surface area contributed by atoms with Gasteiger partial charge in [0.05, 0.1) is 5.69 Å². The number of H-pyrrole nitrogens is 1. The number of hydrogen-bond acceptors (Lipinski definition) is 3. The van der Waals surface area contributed by atoms with Gasteiger partial charge in [-0.1, -0.05) is 0 Å². The molecule has 3 N–H and O–H groups in total. The molecule has 0 atom stereocenters. The fourth-order valence-corrected chi connectivity index (χ4v) is 1.88. The lowest BCUT2D eigenvalue weighted by Gasteiger charge is -2.12. The molecular weight excluding hydrogens is 152 g/mol. The molecular formula is C8H12N4. The summed E-state index contributed by atoms with van der Waals surface area (Å²) in [5, 5.41) is 6.96. The molecule has 0 unspecified atom stereocenters.